The minimum atomic E-state index is -0.319. The Labute approximate surface area is 156 Å². The van der Waals surface area contributed by atoms with Crippen LogP contribution in [0.25, 0.3) is 5.69 Å². The molecule has 6 heteroatoms. The van der Waals surface area contributed by atoms with Gasteiger partial charge in [-0.3, -0.25) is 4.79 Å². The van der Waals surface area contributed by atoms with Crippen LogP contribution in [0.4, 0.5) is 10.2 Å². The van der Waals surface area contributed by atoms with Gasteiger partial charge in [-0.15, -0.1) is 0 Å². The van der Waals surface area contributed by atoms with Crippen LogP contribution in [-0.2, 0) is 4.79 Å². The summed E-state index contributed by atoms with van der Waals surface area (Å²) >= 11 is 0. The number of fused-ring (bicyclic) bond motifs is 1. The molecule has 0 fully saturated rings. The zero-order valence-corrected chi connectivity index (χ0v) is 14.6. The first kappa shape index (κ1) is 17.0. The van der Waals surface area contributed by atoms with Gasteiger partial charge in [-0.25, -0.2) is 9.07 Å². The van der Waals surface area contributed by atoms with Crippen molar-refractivity contribution in [2.45, 2.75) is 12.3 Å². The maximum Gasteiger partial charge on any atom is 0.226 e. The second-order valence-corrected chi connectivity index (χ2v) is 6.31. The summed E-state index contributed by atoms with van der Waals surface area (Å²) in [5, 5.41) is 7.30. The Hall–Kier alpha value is -3.41. The molecule has 0 spiro atoms. The fourth-order valence-electron chi connectivity index (χ4n) is 3.25. The summed E-state index contributed by atoms with van der Waals surface area (Å²) in [5.74, 6) is 0.871. The van der Waals surface area contributed by atoms with Gasteiger partial charge in [-0.2, -0.15) is 5.10 Å². The summed E-state index contributed by atoms with van der Waals surface area (Å²) in [4.78, 5) is 12.3. The van der Waals surface area contributed by atoms with Crippen molar-refractivity contribution in [2.75, 3.05) is 11.9 Å². The number of carbonyl (C=O) groups excluding carboxylic acids is 1. The average molecular weight is 363 g/mol. The molecule has 1 amide bonds. The Morgan fingerprint density at radius 3 is 2.67 bits per heavy atom. The first-order valence-corrected chi connectivity index (χ1v) is 8.63. The van der Waals surface area contributed by atoms with Gasteiger partial charge in [-0.05, 0) is 42.0 Å². The lowest BCUT2D eigenvalue weighted by molar-refractivity contribution is -0.116. The molecule has 136 valence electrons. The molecular weight excluding hydrogens is 345 g/mol. The van der Waals surface area contributed by atoms with Crippen molar-refractivity contribution >= 4 is 11.7 Å². The number of hydrogen-bond donors (Lipinski definition) is 1. The molecule has 2 aromatic carbocycles. The van der Waals surface area contributed by atoms with Crippen molar-refractivity contribution in [3.05, 3.63) is 84.3 Å². The molecule has 1 atom stereocenters. The largest absolute Gasteiger partial charge is 0.490 e. The molecule has 0 aliphatic carbocycles. The lowest BCUT2D eigenvalue weighted by Crippen LogP contribution is -2.24. The van der Waals surface area contributed by atoms with E-state index < -0.39 is 0 Å². The first-order valence-electron chi connectivity index (χ1n) is 8.63. The zero-order valence-electron chi connectivity index (χ0n) is 14.6. The third-order valence-corrected chi connectivity index (χ3v) is 4.54. The Morgan fingerprint density at radius 1 is 1.22 bits per heavy atom. The number of amides is 1. The van der Waals surface area contributed by atoms with Crippen LogP contribution < -0.4 is 10.1 Å². The zero-order chi connectivity index (χ0) is 18.8. The Morgan fingerprint density at radius 2 is 1.96 bits per heavy atom. The van der Waals surface area contributed by atoms with Crippen molar-refractivity contribution in [2.24, 2.45) is 0 Å². The summed E-state index contributed by atoms with van der Waals surface area (Å²) in [5.41, 5.74) is 2.63. The van der Waals surface area contributed by atoms with E-state index >= 15 is 0 Å². The van der Waals surface area contributed by atoms with Crippen LogP contribution in [0.15, 0.2) is 67.4 Å². The summed E-state index contributed by atoms with van der Waals surface area (Å²) in [6.07, 6.45) is 3.79. The van der Waals surface area contributed by atoms with Crippen LogP contribution in [-0.4, -0.2) is 22.3 Å². The third-order valence-electron chi connectivity index (χ3n) is 4.54. The highest BCUT2D eigenvalue weighted by Crippen LogP contribution is 2.38. The van der Waals surface area contributed by atoms with Crippen LogP contribution in [0.1, 0.15) is 23.5 Å². The maximum atomic E-state index is 13.2. The highest BCUT2D eigenvalue weighted by atomic mass is 19.1. The minimum absolute atomic E-state index is 0.0802. The number of benzene rings is 2. The van der Waals surface area contributed by atoms with Crippen LogP contribution in [0.2, 0.25) is 0 Å². The Bertz CT molecular complexity index is 978. The molecule has 0 radical (unpaired) electrons. The molecule has 1 N–H and O–H groups in total. The summed E-state index contributed by atoms with van der Waals surface area (Å²) in [7, 11) is 0. The number of aromatic nitrogens is 2. The van der Waals surface area contributed by atoms with E-state index in [1.54, 1.807) is 29.1 Å². The first-order chi connectivity index (χ1) is 13.2. The molecule has 1 aliphatic heterocycles. The fourth-order valence-corrected chi connectivity index (χ4v) is 3.25. The van der Waals surface area contributed by atoms with E-state index in [2.05, 4.69) is 17.0 Å². The van der Waals surface area contributed by atoms with Crippen molar-refractivity contribution in [3.8, 4) is 11.4 Å². The number of nitrogens with zero attached hydrogens (tertiary/aromatic N) is 2. The summed E-state index contributed by atoms with van der Waals surface area (Å²) in [6.45, 7) is 4.08. The van der Waals surface area contributed by atoms with Crippen LogP contribution in [0, 0.1) is 5.82 Å². The highest BCUT2D eigenvalue weighted by molar-refractivity contribution is 5.94. The van der Waals surface area contributed by atoms with E-state index in [0.29, 0.717) is 24.5 Å². The summed E-state index contributed by atoms with van der Waals surface area (Å²) < 4.78 is 20.3. The number of nitrogens with one attached hydrogen (secondary N) is 1. The van der Waals surface area contributed by atoms with E-state index in [-0.39, 0.29) is 17.6 Å². The Kier molecular flexibility index (Phi) is 4.46. The van der Waals surface area contributed by atoms with Gasteiger partial charge in [0.25, 0.3) is 0 Å². The van der Waals surface area contributed by atoms with Crippen LogP contribution in [0.5, 0.6) is 5.75 Å². The molecule has 4 rings (SSSR count). The standard InChI is InChI=1S/C21H18FN3O2/c1-2-11-27-17-9-3-14(4-10-17)18-12-20(26)24-21-19(18)13-23-25(21)16-7-5-15(22)6-8-16/h2-10,13,18H,1,11-12H2,(H,24,26). The number of rotatable bonds is 5. The fraction of sp³-hybridized carbons (Fsp3) is 0.143. The molecule has 27 heavy (non-hydrogen) atoms. The van der Waals surface area contributed by atoms with Gasteiger partial charge in [0.2, 0.25) is 5.91 Å². The number of ether oxygens (including phenoxy) is 1. The molecule has 3 aromatic rings. The van der Waals surface area contributed by atoms with E-state index in [9.17, 15) is 9.18 Å². The van der Waals surface area contributed by atoms with Crippen molar-refractivity contribution in [1.82, 2.24) is 9.78 Å². The number of anilines is 1. The molecule has 0 bridgehead atoms. The van der Waals surface area contributed by atoms with Gasteiger partial charge in [-0.1, -0.05) is 24.8 Å². The predicted molar refractivity (Wildman–Crippen MR) is 101 cm³/mol. The monoisotopic (exact) mass is 363 g/mol. The van der Waals surface area contributed by atoms with E-state index in [4.69, 9.17) is 4.74 Å². The maximum absolute atomic E-state index is 13.2. The molecular formula is C21H18FN3O2. The van der Waals surface area contributed by atoms with Gasteiger partial charge in [0.15, 0.2) is 0 Å². The molecule has 1 aliphatic rings. The van der Waals surface area contributed by atoms with Crippen LogP contribution >= 0.6 is 0 Å². The van der Waals surface area contributed by atoms with E-state index in [1.807, 2.05) is 24.3 Å². The second-order valence-electron chi connectivity index (χ2n) is 6.31. The lowest BCUT2D eigenvalue weighted by Gasteiger charge is -2.24. The topological polar surface area (TPSA) is 56.1 Å². The summed E-state index contributed by atoms with van der Waals surface area (Å²) in [6, 6.07) is 13.7. The van der Waals surface area contributed by atoms with Gasteiger partial charge < -0.3 is 10.1 Å². The molecule has 2 heterocycles. The van der Waals surface area contributed by atoms with Gasteiger partial charge >= 0.3 is 0 Å². The van der Waals surface area contributed by atoms with Gasteiger partial charge in [0.1, 0.15) is 24.0 Å². The Balaban J connectivity index is 1.68. The molecule has 0 saturated carbocycles. The van der Waals surface area contributed by atoms with Crippen molar-refractivity contribution < 1.29 is 13.9 Å². The third kappa shape index (κ3) is 3.33. The quantitative estimate of drug-likeness (QED) is 0.696. The average Bonchev–Trinajstić information content (AvgIpc) is 3.10. The van der Waals surface area contributed by atoms with Crippen LogP contribution in [0.3, 0.4) is 0 Å². The van der Waals surface area contributed by atoms with Gasteiger partial charge in [0, 0.05) is 17.9 Å². The normalized spacial score (nSPS) is 15.7. The van der Waals surface area contributed by atoms with E-state index in [0.717, 1.165) is 16.9 Å². The van der Waals surface area contributed by atoms with Crippen molar-refractivity contribution in [3.63, 3.8) is 0 Å². The highest BCUT2D eigenvalue weighted by Gasteiger charge is 2.30. The SMILES string of the molecule is C=CCOc1ccc(C2CC(=O)Nc3c2cnn3-c2ccc(F)cc2)cc1. The minimum Gasteiger partial charge on any atom is -0.490 e. The lowest BCUT2D eigenvalue weighted by atomic mass is 9.87. The molecule has 0 saturated heterocycles. The van der Waals surface area contributed by atoms with Gasteiger partial charge in [0.05, 0.1) is 11.9 Å². The van der Waals surface area contributed by atoms with E-state index in [1.165, 1.54) is 12.1 Å². The predicted octanol–water partition coefficient (Wildman–Crippen LogP) is 4.05. The number of hydrogen-bond acceptors (Lipinski definition) is 3. The molecule has 5 nitrogen and oxygen atoms in total. The molecule has 1 aromatic heterocycles. The number of halogens is 1. The molecule has 1 unspecified atom stereocenters. The van der Waals surface area contributed by atoms with Crippen molar-refractivity contribution in [1.29, 1.82) is 0 Å². The smallest absolute Gasteiger partial charge is 0.226 e. The second kappa shape index (κ2) is 7.07. The number of carbonyl (C=O) groups is 1.